The molecule has 0 fully saturated rings. The highest BCUT2D eigenvalue weighted by Crippen LogP contribution is 2.14. The first-order valence-electron chi connectivity index (χ1n) is 8.78. The number of carbonyl (C=O) groups is 1. The predicted molar refractivity (Wildman–Crippen MR) is 101 cm³/mol. The van der Waals surface area contributed by atoms with Gasteiger partial charge < -0.3 is 9.84 Å². The average Bonchev–Trinajstić information content (AvgIpc) is 2.62. The second-order valence-electron chi connectivity index (χ2n) is 6.16. The van der Waals surface area contributed by atoms with Crippen molar-refractivity contribution in [3.05, 3.63) is 70.7 Å². The molecular weight excluding hydrogens is 336 g/mol. The fraction of sp³-hybridized carbons (Fsp3) is 0.381. The van der Waals surface area contributed by atoms with Crippen molar-refractivity contribution in [2.24, 2.45) is 0 Å². The van der Waals surface area contributed by atoms with Crippen molar-refractivity contribution in [3.63, 3.8) is 0 Å². The number of benzene rings is 2. The van der Waals surface area contributed by atoms with Crippen LogP contribution in [0.4, 0.5) is 0 Å². The molecule has 0 amide bonds. The number of aliphatic carboxylic acids is 1. The molecule has 1 atom stereocenters. The van der Waals surface area contributed by atoms with Crippen molar-refractivity contribution < 1.29 is 14.6 Å². The van der Waals surface area contributed by atoms with Gasteiger partial charge >= 0.3 is 5.97 Å². The van der Waals surface area contributed by atoms with Gasteiger partial charge in [-0.1, -0.05) is 66.9 Å². The van der Waals surface area contributed by atoms with Crippen molar-refractivity contribution in [2.45, 2.75) is 44.6 Å². The fourth-order valence-corrected chi connectivity index (χ4v) is 2.85. The van der Waals surface area contributed by atoms with Crippen LogP contribution in [0, 0.1) is 0 Å². The van der Waals surface area contributed by atoms with Crippen LogP contribution in [0.3, 0.4) is 0 Å². The molecule has 25 heavy (non-hydrogen) atoms. The smallest absolute Gasteiger partial charge is 0.332 e. The number of hydrogen-bond acceptors (Lipinski definition) is 2. The number of aryl methyl sites for hydroxylation is 1. The van der Waals surface area contributed by atoms with Crippen molar-refractivity contribution >= 4 is 17.6 Å². The molecule has 1 unspecified atom stereocenters. The minimum atomic E-state index is -0.870. The van der Waals surface area contributed by atoms with Crippen LogP contribution in [-0.4, -0.2) is 23.8 Å². The number of carboxylic acid groups (broad SMARTS) is 1. The van der Waals surface area contributed by atoms with Gasteiger partial charge in [0.25, 0.3) is 0 Å². The predicted octanol–water partition coefficient (Wildman–Crippen LogP) is 5.16. The Morgan fingerprint density at radius 2 is 1.60 bits per heavy atom. The summed E-state index contributed by atoms with van der Waals surface area (Å²) in [5.74, 6) is -0.870. The third-order valence-corrected chi connectivity index (χ3v) is 4.43. The summed E-state index contributed by atoms with van der Waals surface area (Å²) in [6.07, 6.45) is 4.47. The van der Waals surface area contributed by atoms with E-state index >= 15 is 0 Å². The molecule has 2 aromatic rings. The van der Waals surface area contributed by atoms with Crippen LogP contribution in [0.5, 0.6) is 0 Å². The second-order valence-corrected chi connectivity index (χ2v) is 6.60. The lowest BCUT2D eigenvalue weighted by atomic mass is 10.0. The molecular formula is C21H25ClO3. The number of rotatable bonds is 11. The molecule has 2 rings (SSSR count). The normalized spacial score (nSPS) is 12.0. The Morgan fingerprint density at radius 3 is 2.28 bits per heavy atom. The van der Waals surface area contributed by atoms with E-state index in [0.717, 1.165) is 42.7 Å². The molecule has 0 aromatic heterocycles. The maximum atomic E-state index is 11.3. The Labute approximate surface area is 154 Å². The largest absolute Gasteiger partial charge is 0.479 e. The first kappa shape index (κ1) is 19.5. The van der Waals surface area contributed by atoms with Crippen LogP contribution in [0.25, 0.3) is 0 Å². The number of hydrogen-bond donors (Lipinski definition) is 1. The Hall–Kier alpha value is -1.84. The quantitative estimate of drug-likeness (QED) is 0.563. The van der Waals surface area contributed by atoms with E-state index in [9.17, 15) is 9.90 Å². The maximum absolute atomic E-state index is 11.3. The first-order chi connectivity index (χ1) is 12.1. The lowest BCUT2D eigenvalue weighted by Crippen LogP contribution is -2.24. The zero-order valence-corrected chi connectivity index (χ0v) is 15.1. The van der Waals surface area contributed by atoms with E-state index in [1.165, 1.54) is 5.56 Å². The summed E-state index contributed by atoms with van der Waals surface area (Å²) in [7, 11) is 0. The minimum absolute atomic E-state index is 0.436. The summed E-state index contributed by atoms with van der Waals surface area (Å²) in [5, 5.41) is 10.0. The number of carboxylic acids is 1. The van der Waals surface area contributed by atoms with E-state index in [4.69, 9.17) is 16.3 Å². The molecule has 0 saturated heterocycles. The monoisotopic (exact) mass is 360 g/mol. The highest BCUT2D eigenvalue weighted by atomic mass is 35.5. The average molecular weight is 361 g/mol. The van der Waals surface area contributed by atoms with Crippen LogP contribution in [-0.2, 0) is 22.4 Å². The van der Waals surface area contributed by atoms with Gasteiger partial charge in [-0.25, -0.2) is 4.79 Å². The summed E-state index contributed by atoms with van der Waals surface area (Å²) in [5.41, 5.74) is 2.42. The highest BCUT2D eigenvalue weighted by molar-refractivity contribution is 6.30. The summed E-state index contributed by atoms with van der Waals surface area (Å²) in [6.45, 7) is 0.436. The summed E-state index contributed by atoms with van der Waals surface area (Å²) in [6, 6.07) is 17.8. The Morgan fingerprint density at radius 1 is 0.920 bits per heavy atom. The lowest BCUT2D eigenvalue weighted by molar-refractivity contribution is -0.150. The Kier molecular flexibility index (Phi) is 8.50. The maximum Gasteiger partial charge on any atom is 0.332 e. The molecule has 1 N–H and O–H groups in total. The minimum Gasteiger partial charge on any atom is -0.479 e. The molecule has 2 aromatic carbocycles. The summed E-state index contributed by atoms with van der Waals surface area (Å²) in [4.78, 5) is 11.3. The van der Waals surface area contributed by atoms with Gasteiger partial charge in [0.1, 0.15) is 0 Å². The summed E-state index contributed by atoms with van der Waals surface area (Å²) < 4.78 is 5.57. The first-order valence-corrected chi connectivity index (χ1v) is 9.16. The SMILES string of the molecule is O=C(O)C(CCCCCc1ccc(Cl)cc1)OCCc1ccccc1. The fourth-order valence-electron chi connectivity index (χ4n) is 2.73. The Bertz CT molecular complexity index is 625. The molecule has 0 aliphatic heterocycles. The van der Waals surface area contributed by atoms with Gasteiger partial charge in [0.2, 0.25) is 0 Å². The van der Waals surface area contributed by atoms with E-state index < -0.39 is 12.1 Å². The van der Waals surface area contributed by atoms with Gasteiger partial charge in [-0.05, 0) is 48.9 Å². The van der Waals surface area contributed by atoms with E-state index in [-0.39, 0.29) is 0 Å². The van der Waals surface area contributed by atoms with E-state index in [2.05, 4.69) is 0 Å². The van der Waals surface area contributed by atoms with Gasteiger partial charge in [0.15, 0.2) is 6.10 Å². The van der Waals surface area contributed by atoms with Gasteiger partial charge in [-0.3, -0.25) is 0 Å². The molecule has 0 bridgehead atoms. The van der Waals surface area contributed by atoms with E-state index in [1.807, 2.05) is 54.6 Å². The molecule has 0 spiro atoms. The topological polar surface area (TPSA) is 46.5 Å². The lowest BCUT2D eigenvalue weighted by Gasteiger charge is -2.13. The van der Waals surface area contributed by atoms with E-state index in [0.29, 0.717) is 13.0 Å². The molecule has 0 saturated carbocycles. The molecule has 0 aliphatic carbocycles. The van der Waals surface area contributed by atoms with Crippen molar-refractivity contribution in [2.75, 3.05) is 6.61 Å². The van der Waals surface area contributed by atoms with Crippen molar-refractivity contribution in [1.29, 1.82) is 0 Å². The zero-order chi connectivity index (χ0) is 17.9. The van der Waals surface area contributed by atoms with Crippen molar-refractivity contribution in [1.82, 2.24) is 0 Å². The van der Waals surface area contributed by atoms with Gasteiger partial charge in [0.05, 0.1) is 6.61 Å². The zero-order valence-electron chi connectivity index (χ0n) is 14.4. The molecule has 0 aliphatic rings. The Balaban J connectivity index is 1.62. The van der Waals surface area contributed by atoms with Gasteiger partial charge in [-0.15, -0.1) is 0 Å². The molecule has 134 valence electrons. The molecule has 3 nitrogen and oxygen atoms in total. The third kappa shape index (κ3) is 7.72. The second kappa shape index (κ2) is 10.9. The van der Waals surface area contributed by atoms with Crippen molar-refractivity contribution in [3.8, 4) is 0 Å². The van der Waals surface area contributed by atoms with Gasteiger partial charge in [-0.2, -0.15) is 0 Å². The number of unbranched alkanes of at least 4 members (excludes halogenated alkanes) is 2. The van der Waals surface area contributed by atoms with Crippen LogP contribution in [0.2, 0.25) is 5.02 Å². The molecule has 0 heterocycles. The molecule has 0 radical (unpaired) electrons. The van der Waals surface area contributed by atoms with Crippen LogP contribution in [0.15, 0.2) is 54.6 Å². The number of halogens is 1. The van der Waals surface area contributed by atoms with Gasteiger partial charge in [0, 0.05) is 5.02 Å². The van der Waals surface area contributed by atoms with E-state index in [1.54, 1.807) is 0 Å². The molecule has 4 heteroatoms. The summed E-state index contributed by atoms with van der Waals surface area (Å²) >= 11 is 5.87. The van der Waals surface area contributed by atoms with Crippen LogP contribution in [0.1, 0.15) is 36.8 Å². The third-order valence-electron chi connectivity index (χ3n) is 4.17. The van der Waals surface area contributed by atoms with Crippen LogP contribution >= 0.6 is 11.6 Å². The van der Waals surface area contributed by atoms with Crippen LogP contribution < -0.4 is 0 Å². The number of ether oxygens (including phenoxy) is 1. The standard InChI is InChI=1S/C21H25ClO3/c22-19-13-11-18(12-14-19)9-5-2-6-10-20(21(23)24)25-16-15-17-7-3-1-4-8-17/h1,3-4,7-8,11-14,20H,2,5-6,9-10,15-16H2,(H,23,24). The highest BCUT2D eigenvalue weighted by Gasteiger charge is 2.17.